The highest BCUT2D eigenvalue weighted by molar-refractivity contribution is 5.83. The largest absolute Gasteiger partial charge is 0.465 e. The number of urea groups is 1. The molecule has 4 rings (SSSR count). The molecule has 3 heterocycles. The smallest absolute Gasteiger partial charge is 0.409 e. The molecule has 1 aromatic carbocycles. The first-order valence-corrected chi connectivity index (χ1v) is 10.1. The molecule has 4 atom stereocenters. The van der Waals surface area contributed by atoms with Gasteiger partial charge in [-0.2, -0.15) is 0 Å². The number of anilines is 2. The number of hydrogen-bond donors (Lipinski definition) is 4. The molecule has 0 radical (unpaired) electrons. The summed E-state index contributed by atoms with van der Waals surface area (Å²) in [6, 6.07) is 7.75. The molecular formula is C20H28N4O4. The summed E-state index contributed by atoms with van der Waals surface area (Å²) in [7, 11) is 0. The van der Waals surface area contributed by atoms with Gasteiger partial charge < -0.3 is 25.3 Å². The molecule has 2 bridgehead atoms. The van der Waals surface area contributed by atoms with Crippen LogP contribution in [0.5, 0.6) is 0 Å². The highest BCUT2D eigenvalue weighted by Crippen LogP contribution is 2.35. The second-order valence-corrected chi connectivity index (χ2v) is 8.13. The predicted octanol–water partition coefficient (Wildman–Crippen LogP) is 2.44. The van der Waals surface area contributed by atoms with E-state index in [0.717, 1.165) is 44.5 Å². The van der Waals surface area contributed by atoms with Crippen molar-refractivity contribution in [1.82, 2.24) is 10.2 Å². The third-order valence-corrected chi connectivity index (χ3v) is 6.18. The van der Waals surface area contributed by atoms with Crippen molar-refractivity contribution in [3.8, 4) is 0 Å². The summed E-state index contributed by atoms with van der Waals surface area (Å²) in [5.41, 5.74) is 1.57. The Kier molecular flexibility index (Phi) is 5.30. The quantitative estimate of drug-likeness (QED) is 0.637. The Morgan fingerprint density at radius 2 is 1.71 bits per heavy atom. The average Bonchev–Trinajstić information content (AvgIpc) is 2.94. The molecule has 4 N–H and O–H groups in total. The number of amides is 3. The molecule has 3 fully saturated rings. The summed E-state index contributed by atoms with van der Waals surface area (Å²) in [6.07, 6.45) is 3.96. The lowest BCUT2D eigenvalue weighted by molar-refractivity contribution is 0.0533. The maximum absolute atomic E-state index is 12.9. The van der Waals surface area contributed by atoms with E-state index >= 15 is 0 Å². The minimum atomic E-state index is -1.08. The van der Waals surface area contributed by atoms with Crippen LogP contribution in [-0.4, -0.2) is 64.6 Å². The van der Waals surface area contributed by atoms with E-state index in [4.69, 9.17) is 5.11 Å². The van der Waals surface area contributed by atoms with E-state index in [1.807, 2.05) is 17.0 Å². The zero-order valence-corrected chi connectivity index (χ0v) is 15.9. The second kappa shape index (κ2) is 7.87. The van der Waals surface area contributed by atoms with E-state index in [0.29, 0.717) is 18.5 Å². The zero-order valence-electron chi connectivity index (χ0n) is 15.9. The Morgan fingerprint density at radius 3 is 2.36 bits per heavy atom. The van der Waals surface area contributed by atoms with Crippen LogP contribution in [0, 0.1) is 0 Å². The van der Waals surface area contributed by atoms with E-state index in [2.05, 4.69) is 15.5 Å². The highest BCUT2D eigenvalue weighted by atomic mass is 16.4. The van der Waals surface area contributed by atoms with Crippen molar-refractivity contribution in [1.29, 1.82) is 0 Å². The normalized spacial score (nSPS) is 29.5. The molecule has 0 saturated carbocycles. The van der Waals surface area contributed by atoms with Crippen molar-refractivity contribution in [3.63, 3.8) is 0 Å². The van der Waals surface area contributed by atoms with Gasteiger partial charge in [-0.15, -0.1) is 0 Å². The summed E-state index contributed by atoms with van der Waals surface area (Å²) in [5, 5.41) is 24.3. The highest BCUT2D eigenvalue weighted by Gasteiger charge is 2.43. The number of benzene rings is 1. The van der Waals surface area contributed by atoms with E-state index in [1.54, 1.807) is 12.1 Å². The molecule has 8 nitrogen and oxygen atoms in total. The number of rotatable bonds is 3. The van der Waals surface area contributed by atoms with Crippen molar-refractivity contribution < 1.29 is 19.8 Å². The molecule has 28 heavy (non-hydrogen) atoms. The van der Waals surface area contributed by atoms with Crippen molar-refractivity contribution >= 4 is 23.5 Å². The Morgan fingerprint density at radius 1 is 1.04 bits per heavy atom. The van der Waals surface area contributed by atoms with Crippen molar-refractivity contribution in [2.75, 3.05) is 23.3 Å². The van der Waals surface area contributed by atoms with Crippen LogP contribution in [0.1, 0.15) is 38.5 Å². The van der Waals surface area contributed by atoms with Crippen LogP contribution in [-0.2, 0) is 0 Å². The van der Waals surface area contributed by atoms with Crippen LogP contribution < -0.4 is 15.5 Å². The fourth-order valence-electron chi connectivity index (χ4n) is 4.94. The van der Waals surface area contributed by atoms with Gasteiger partial charge in [-0.3, -0.25) is 5.32 Å². The van der Waals surface area contributed by atoms with Crippen molar-refractivity contribution in [3.05, 3.63) is 24.3 Å². The van der Waals surface area contributed by atoms with Crippen LogP contribution in [0.25, 0.3) is 0 Å². The van der Waals surface area contributed by atoms with E-state index in [-0.39, 0.29) is 30.3 Å². The first-order valence-electron chi connectivity index (χ1n) is 10.1. The van der Waals surface area contributed by atoms with Crippen LogP contribution in [0.15, 0.2) is 24.3 Å². The third kappa shape index (κ3) is 4.01. The van der Waals surface area contributed by atoms with Crippen LogP contribution in [0.4, 0.5) is 21.0 Å². The maximum Gasteiger partial charge on any atom is 0.409 e. The molecule has 0 aromatic heterocycles. The summed E-state index contributed by atoms with van der Waals surface area (Å²) in [6.45, 7) is 1.66. The molecule has 8 heteroatoms. The number of carbonyl (C=O) groups excluding carboxylic acids is 1. The van der Waals surface area contributed by atoms with Gasteiger partial charge in [-0.25, -0.2) is 9.59 Å². The first kappa shape index (κ1) is 18.9. The molecule has 3 aliphatic rings. The van der Waals surface area contributed by atoms with E-state index in [1.165, 1.54) is 0 Å². The second-order valence-electron chi connectivity index (χ2n) is 8.13. The average molecular weight is 388 g/mol. The van der Waals surface area contributed by atoms with Gasteiger partial charge >= 0.3 is 12.1 Å². The van der Waals surface area contributed by atoms with Crippen molar-refractivity contribution in [2.24, 2.45) is 0 Å². The lowest BCUT2D eigenvalue weighted by atomic mass is 10.00. The Balaban J connectivity index is 1.35. The number of nitrogens with one attached hydrogen (secondary N) is 2. The maximum atomic E-state index is 12.9. The van der Waals surface area contributed by atoms with Crippen molar-refractivity contribution in [2.45, 2.75) is 62.8 Å². The van der Waals surface area contributed by atoms with Gasteiger partial charge in [0.15, 0.2) is 0 Å². The number of carbonyl (C=O) groups is 2. The zero-order chi connectivity index (χ0) is 19.7. The lowest BCUT2D eigenvalue weighted by Crippen LogP contribution is -2.56. The Labute approximate surface area is 164 Å². The standard InChI is InChI=1S/C20H28N4O4/c25-18-10-16-7-8-17(11-18)24(16)19(26)21-14-2-1-9-23(12-14)15-5-3-13(4-6-15)22-20(27)28/h3-6,14,16-18,22,25H,1-2,7-12H2,(H,21,26)(H,27,28)/t14-,16-,17+,18+/m0/s1. The Bertz CT molecular complexity index is 711. The molecule has 0 aliphatic carbocycles. The molecule has 1 aromatic rings. The van der Waals surface area contributed by atoms with Gasteiger partial charge in [0.05, 0.1) is 6.10 Å². The predicted molar refractivity (Wildman–Crippen MR) is 106 cm³/mol. The van der Waals surface area contributed by atoms with Gasteiger partial charge in [-0.05, 0) is 62.8 Å². The Hall–Kier alpha value is -2.48. The van der Waals surface area contributed by atoms with Gasteiger partial charge in [0, 0.05) is 42.6 Å². The minimum Gasteiger partial charge on any atom is -0.465 e. The van der Waals surface area contributed by atoms with Crippen LogP contribution >= 0.6 is 0 Å². The topological polar surface area (TPSA) is 105 Å². The first-order chi connectivity index (χ1) is 13.5. The monoisotopic (exact) mass is 388 g/mol. The number of fused-ring (bicyclic) bond motifs is 2. The summed E-state index contributed by atoms with van der Waals surface area (Å²) in [4.78, 5) is 27.8. The number of aliphatic hydroxyl groups is 1. The SMILES string of the molecule is O=C(O)Nc1ccc(N2CCC[C@H](NC(=O)N3[C@@H]4CC[C@H]3C[C@@H](O)C4)C2)cc1. The summed E-state index contributed by atoms with van der Waals surface area (Å²) < 4.78 is 0. The van der Waals surface area contributed by atoms with Gasteiger partial charge in [0.25, 0.3) is 0 Å². The molecule has 152 valence electrons. The van der Waals surface area contributed by atoms with Gasteiger partial charge in [-0.1, -0.05) is 0 Å². The van der Waals surface area contributed by atoms with E-state index < -0.39 is 6.09 Å². The third-order valence-electron chi connectivity index (χ3n) is 6.18. The number of piperidine rings is 2. The van der Waals surface area contributed by atoms with E-state index in [9.17, 15) is 14.7 Å². The molecule has 0 unspecified atom stereocenters. The fraction of sp³-hybridized carbons (Fsp3) is 0.600. The molecule has 0 spiro atoms. The molecular weight excluding hydrogens is 360 g/mol. The number of nitrogens with zero attached hydrogens (tertiary/aromatic N) is 2. The number of aliphatic hydroxyl groups excluding tert-OH is 1. The minimum absolute atomic E-state index is 0.00672. The van der Waals surface area contributed by atoms with Gasteiger partial charge in [0.2, 0.25) is 0 Å². The van der Waals surface area contributed by atoms with Crippen LogP contribution in [0.2, 0.25) is 0 Å². The molecule has 3 amide bonds. The fourth-order valence-corrected chi connectivity index (χ4v) is 4.94. The lowest BCUT2D eigenvalue weighted by Gasteiger charge is -2.40. The molecule has 3 saturated heterocycles. The van der Waals surface area contributed by atoms with Gasteiger partial charge in [0.1, 0.15) is 0 Å². The van der Waals surface area contributed by atoms with Crippen LogP contribution in [0.3, 0.4) is 0 Å². The number of carboxylic acid groups (broad SMARTS) is 1. The molecule has 3 aliphatic heterocycles. The summed E-state index contributed by atoms with van der Waals surface area (Å²) >= 11 is 0. The summed E-state index contributed by atoms with van der Waals surface area (Å²) in [5.74, 6) is 0. The number of hydrogen-bond acceptors (Lipinski definition) is 4.